The van der Waals surface area contributed by atoms with Crippen LogP contribution in [0.5, 0.6) is 0 Å². The molecule has 2 aromatic rings. The Morgan fingerprint density at radius 2 is 1.48 bits per heavy atom. The lowest BCUT2D eigenvalue weighted by molar-refractivity contribution is 0.585. The van der Waals surface area contributed by atoms with Crippen LogP contribution in [0.1, 0.15) is 53.6 Å². The Labute approximate surface area is 129 Å². The Balaban J connectivity index is 2.23. The molecule has 2 aromatic carbocycles. The summed E-state index contributed by atoms with van der Waals surface area (Å²) in [7, 11) is 2.05. The first-order valence-electron chi connectivity index (χ1n) is 7.85. The van der Waals surface area contributed by atoms with Crippen LogP contribution in [0.15, 0.2) is 42.5 Å². The van der Waals surface area contributed by atoms with E-state index in [2.05, 4.69) is 82.5 Å². The van der Waals surface area contributed by atoms with Crippen molar-refractivity contribution in [3.05, 3.63) is 70.3 Å². The number of hydrogen-bond donors (Lipinski definition) is 1. The molecule has 1 unspecified atom stereocenters. The number of likely N-dealkylation sites (N-methyl/N-ethyl adjacent to an activating group) is 1. The molecular weight excluding hydrogens is 254 g/mol. The van der Waals surface area contributed by atoms with Crippen molar-refractivity contribution < 1.29 is 0 Å². The average Bonchev–Trinajstić information content (AvgIpc) is 2.46. The highest BCUT2D eigenvalue weighted by Crippen LogP contribution is 2.25. The van der Waals surface area contributed by atoms with Gasteiger partial charge in [-0.1, -0.05) is 56.3 Å². The number of hydrogen-bond acceptors (Lipinski definition) is 1. The monoisotopic (exact) mass is 281 g/mol. The van der Waals surface area contributed by atoms with Crippen molar-refractivity contribution >= 4 is 0 Å². The number of rotatable bonds is 5. The van der Waals surface area contributed by atoms with Crippen LogP contribution >= 0.6 is 0 Å². The average molecular weight is 281 g/mol. The summed E-state index contributed by atoms with van der Waals surface area (Å²) in [5, 5.41) is 3.49. The standard InChI is InChI=1S/C20H27N/c1-14(2)18-11-9-17(10-12-18)13-19(21-5)20-15(3)7-6-8-16(20)4/h6-12,14,19,21H,13H2,1-5H3. The molecule has 0 amide bonds. The van der Waals surface area contributed by atoms with Crippen molar-refractivity contribution in [1.29, 1.82) is 0 Å². The van der Waals surface area contributed by atoms with Crippen molar-refractivity contribution in [2.45, 2.75) is 46.1 Å². The van der Waals surface area contributed by atoms with Gasteiger partial charge in [-0.3, -0.25) is 0 Å². The van der Waals surface area contributed by atoms with E-state index >= 15 is 0 Å². The van der Waals surface area contributed by atoms with Gasteiger partial charge < -0.3 is 5.32 Å². The van der Waals surface area contributed by atoms with Crippen LogP contribution in [0.25, 0.3) is 0 Å². The second-order valence-electron chi connectivity index (χ2n) is 6.25. The highest BCUT2D eigenvalue weighted by Gasteiger charge is 2.14. The third kappa shape index (κ3) is 3.74. The maximum atomic E-state index is 3.49. The summed E-state index contributed by atoms with van der Waals surface area (Å²) in [4.78, 5) is 0. The predicted octanol–water partition coefficient (Wildman–Crippen LogP) is 4.93. The first-order valence-corrected chi connectivity index (χ1v) is 7.85. The molecule has 112 valence electrons. The van der Waals surface area contributed by atoms with Crippen LogP contribution < -0.4 is 5.32 Å². The van der Waals surface area contributed by atoms with E-state index in [-0.39, 0.29) is 0 Å². The maximum Gasteiger partial charge on any atom is 0.0363 e. The normalized spacial score (nSPS) is 12.7. The smallest absolute Gasteiger partial charge is 0.0363 e. The fourth-order valence-electron chi connectivity index (χ4n) is 3.00. The van der Waals surface area contributed by atoms with E-state index in [9.17, 15) is 0 Å². The Bertz CT molecular complexity index is 561. The second kappa shape index (κ2) is 6.91. The SMILES string of the molecule is CNC(Cc1ccc(C(C)C)cc1)c1c(C)cccc1C. The summed E-state index contributed by atoms with van der Waals surface area (Å²) >= 11 is 0. The van der Waals surface area contributed by atoms with E-state index in [1.54, 1.807) is 0 Å². The number of benzene rings is 2. The van der Waals surface area contributed by atoms with Crippen LogP contribution in [-0.4, -0.2) is 7.05 Å². The summed E-state index contributed by atoms with van der Waals surface area (Å²) in [6.07, 6.45) is 1.03. The lowest BCUT2D eigenvalue weighted by Crippen LogP contribution is -2.21. The summed E-state index contributed by atoms with van der Waals surface area (Å²) in [6.45, 7) is 8.88. The predicted molar refractivity (Wildman–Crippen MR) is 92.0 cm³/mol. The van der Waals surface area contributed by atoms with Crippen LogP contribution in [0, 0.1) is 13.8 Å². The van der Waals surface area contributed by atoms with Gasteiger partial charge in [0.2, 0.25) is 0 Å². The number of aryl methyl sites for hydroxylation is 2. The van der Waals surface area contributed by atoms with E-state index in [1.807, 2.05) is 0 Å². The van der Waals surface area contributed by atoms with Gasteiger partial charge in [0.25, 0.3) is 0 Å². The molecule has 0 aromatic heterocycles. The fraction of sp³-hybridized carbons (Fsp3) is 0.400. The Kier molecular flexibility index (Phi) is 5.19. The van der Waals surface area contributed by atoms with E-state index in [0.29, 0.717) is 12.0 Å². The van der Waals surface area contributed by atoms with Crippen molar-refractivity contribution in [3.63, 3.8) is 0 Å². The molecule has 0 saturated heterocycles. The lowest BCUT2D eigenvalue weighted by atomic mass is 9.91. The molecule has 0 aliphatic rings. The molecule has 2 rings (SSSR count). The van der Waals surface area contributed by atoms with Crippen molar-refractivity contribution in [2.24, 2.45) is 0 Å². The largest absolute Gasteiger partial charge is 0.313 e. The molecule has 0 radical (unpaired) electrons. The molecule has 0 bridgehead atoms. The summed E-state index contributed by atoms with van der Waals surface area (Å²) in [5.74, 6) is 0.595. The minimum absolute atomic E-state index is 0.371. The first-order chi connectivity index (χ1) is 10.0. The van der Waals surface area contributed by atoms with Gasteiger partial charge in [0, 0.05) is 6.04 Å². The van der Waals surface area contributed by atoms with Gasteiger partial charge in [-0.15, -0.1) is 0 Å². The van der Waals surface area contributed by atoms with E-state index in [1.165, 1.54) is 27.8 Å². The van der Waals surface area contributed by atoms with Gasteiger partial charge in [-0.05, 0) is 61.1 Å². The van der Waals surface area contributed by atoms with Crippen LogP contribution in [0.4, 0.5) is 0 Å². The minimum atomic E-state index is 0.371. The fourth-order valence-corrected chi connectivity index (χ4v) is 3.00. The summed E-state index contributed by atoms with van der Waals surface area (Å²) in [6, 6.07) is 16.0. The van der Waals surface area contributed by atoms with Crippen molar-refractivity contribution in [3.8, 4) is 0 Å². The molecule has 1 nitrogen and oxygen atoms in total. The molecule has 0 saturated carbocycles. The van der Waals surface area contributed by atoms with Crippen LogP contribution in [0.2, 0.25) is 0 Å². The molecule has 0 fully saturated rings. The van der Waals surface area contributed by atoms with Gasteiger partial charge >= 0.3 is 0 Å². The third-order valence-electron chi connectivity index (χ3n) is 4.33. The first kappa shape index (κ1) is 15.8. The molecule has 1 heteroatoms. The molecule has 0 spiro atoms. The van der Waals surface area contributed by atoms with Crippen LogP contribution in [-0.2, 0) is 6.42 Å². The molecule has 0 heterocycles. The zero-order chi connectivity index (χ0) is 15.4. The Morgan fingerprint density at radius 1 is 0.905 bits per heavy atom. The molecule has 1 atom stereocenters. The highest BCUT2D eigenvalue weighted by molar-refractivity contribution is 5.37. The molecule has 0 aliphatic heterocycles. The zero-order valence-corrected chi connectivity index (χ0v) is 13.9. The highest BCUT2D eigenvalue weighted by atomic mass is 14.9. The van der Waals surface area contributed by atoms with E-state index in [4.69, 9.17) is 0 Å². The second-order valence-corrected chi connectivity index (χ2v) is 6.25. The quantitative estimate of drug-likeness (QED) is 0.819. The van der Waals surface area contributed by atoms with E-state index < -0.39 is 0 Å². The lowest BCUT2D eigenvalue weighted by Gasteiger charge is -2.21. The Hall–Kier alpha value is -1.60. The molecular formula is C20H27N. The van der Waals surface area contributed by atoms with Gasteiger partial charge in [-0.25, -0.2) is 0 Å². The maximum absolute atomic E-state index is 3.49. The van der Waals surface area contributed by atoms with Gasteiger partial charge in [0.15, 0.2) is 0 Å². The third-order valence-corrected chi connectivity index (χ3v) is 4.33. The van der Waals surface area contributed by atoms with Gasteiger partial charge in [-0.2, -0.15) is 0 Å². The Morgan fingerprint density at radius 3 is 1.95 bits per heavy atom. The molecule has 0 aliphatic carbocycles. The van der Waals surface area contributed by atoms with E-state index in [0.717, 1.165) is 6.42 Å². The van der Waals surface area contributed by atoms with Gasteiger partial charge in [0.05, 0.1) is 0 Å². The van der Waals surface area contributed by atoms with Crippen molar-refractivity contribution in [1.82, 2.24) is 5.32 Å². The minimum Gasteiger partial charge on any atom is -0.313 e. The summed E-state index contributed by atoms with van der Waals surface area (Å²) in [5.41, 5.74) is 6.97. The summed E-state index contributed by atoms with van der Waals surface area (Å²) < 4.78 is 0. The number of nitrogens with one attached hydrogen (secondary N) is 1. The molecule has 1 N–H and O–H groups in total. The van der Waals surface area contributed by atoms with Crippen molar-refractivity contribution in [2.75, 3.05) is 7.05 Å². The van der Waals surface area contributed by atoms with Crippen LogP contribution in [0.3, 0.4) is 0 Å². The van der Waals surface area contributed by atoms with Gasteiger partial charge in [0.1, 0.15) is 0 Å². The zero-order valence-electron chi connectivity index (χ0n) is 13.9. The molecule has 21 heavy (non-hydrogen) atoms. The topological polar surface area (TPSA) is 12.0 Å².